The summed E-state index contributed by atoms with van der Waals surface area (Å²) >= 11 is 0. The molecule has 2 N–H and O–H groups in total. The lowest BCUT2D eigenvalue weighted by molar-refractivity contribution is -0.139. The van der Waals surface area contributed by atoms with Gasteiger partial charge >= 0.3 is 5.97 Å². The Labute approximate surface area is 115 Å². The second-order valence-electron chi connectivity index (χ2n) is 6.16. The molecule has 0 unspecified atom stereocenters. The third-order valence-electron chi connectivity index (χ3n) is 3.44. The molecule has 19 heavy (non-hydrogen) atoms. The van der Waals surface area contributed by atoms with Crippen LogP contribution in [0.3, 0.4) is 0 Å². The minimum atomic E-state index is -0.855. The number of rotatable bonds is 8. The summed E-state index contributed by atoms with van der Waals surface area (Å²) < 4.78 is 0. The average Bonchev–Trinajstić information content (AvgIpc) is 2.74. The topological polar surface area (TPSA) is 69.6 Å². The zero-order valence-electron chi connectivity index (χ0n) is 12.1. The number of hydrogen-bond acceptors (Lipinski definition) is 3. The Balaban J connectivity index is 2.11. The molecule has 110 valence electrons. The fourth-order valence-corrected chi connectivity index (χ4v) is 2.51. The average molecular weight is 270 g/mol. The number of carbonyl (C=O) groups excluding carboxylic acids is 1. The number of carboxylic acids is 1. The molecule has 0 aromatic carbocycles. The van der Waals surface area contributed by atoms with Crippen molar-refractivity contribution >= 4 is 11.9 Å². The van der Waals surface area contributed by atoms with Crippen LogP contribution in [-0.4, -0.2) is 48.1 Å². The third kappa shape index (κ3) is 7.15. The number of hydrogen-bond donors (Lipinski definition) is 2. The molecule has 0 bridgehead atoms. The molecular formula is C14H26N2O3. The van der Waals surface area contributed by atoms with Crippen LogP contribution in [0.5, 0.6) is 0 Å². The number of nitrogens with zero attached hydrogens (tertiary/aromatic N) is 1. The Hall–Kier alpha value is -1.10. The van der Waals surface area contributed by atoms with Crippen LogP contribution in [-0.2, 0) is 9.59 Å². The highest BCUT2D eigenvalue weighted by Crippen LogP contribution is 2.24. The van der Waals surface area contributed by atoms with Gasteiger partial charge in [-0.05, 0) is 44.3 Å². The molecule has 5 nitrogen and oxygen atoms in total. The van der Waals surface area contributed by atoms with Crippen molar-refractivity contribution in [1.29, 1.82) is 0 Å². The summed E-state index contributed by atoms with van der Waals surface area (Å²) in [7, 11) is 0. The molecule has 1 fully saturated rings. The van der Waals surface area contributed by atoms with E-state index in [0.29, 0.717) is 6.54 Å². The van der Waals surface area contributed by atoms with Gasteiger partial charge in [-0.15, -0.1) is 0 Å². The zero-order chi connectivity index (χ0) is 14.3. The fraction of sp³-hybridized carbons (Fsp3) is 0.857. The second-order valence-corrected chi connectivity index (χ2v) is 6.16. The Kier molecular flexibility index (Phi) is 6.28. The fourth-order valence-electron chi connectivity index (χ4n) is 2.51. The summed E-state index contributed by atoms with van der Waals surface area (Å²) in [5.41, 5.74) is -0.481. The smallest absolute Gasteiger partial charge is 0.303 e. The predicted molar refractivity (Wildman–Crippen MR) is 74.0 cm³/mol. The summed E-state index contributed by atoms with van der Waals surface area (Å²) in [6.45, 7) is 7.70. The highest BCUT2D eigenvalue weighted by atomic mass is 16.4. The lowest BCUT2D eigenvalue weighted by Crippen LogP contribution is -2.32. The third-order valence-corrected chi connectivity index (χ3v) is 3.44. The van der Waals surface area contributed by atoms with E-state index in [2.05, 4.69) is 10.2 Å². The lowest BCUT2D eigenvalue weighted by atomic mass is 9.85. The van der Waals surface area contributed by atoms with E-state index in [4.69, 9.17) is 5.11 Å². The second kappa shape index (κ2) is 7.48. The largest absolute Gasteiger partial charge is 0.481 e. The molecule has 1 heterocycles. The first kappa shape index (κ1) is 16.0. The van der Waals surface area contributed by atoms with E-state index in [-0.39, 0.29) is 18.7 Å². The zero-order valence-corrected chi connectivity index (χ0v) is 12.1. The van der Waals surface area contributed by atoms with Crippen LogP contribution in [0.15, 0.2) is 0 Å². The molecule has 5 heteroatoms. The maximum Gasteiger partial charge on any atom is 0.303 e. The van der Waals surface area contributed by atoms with E-state index in [9.17, 15) is 9.59 Å². The van der Waals surface area contributed by atoms with E-state index in [0.717, 1.165) is 13.0 Å². The van der Waals surface area contributed by atoms with Gasteiger partial charge in [-0.25, -0.2) is 0 Å². The van der Waals surface area contributed by atoms with E-state index in [1.165, 1.54) is 25.9 Å². The first-order chi connectivity index (χ1) is 8.89. The van der Waals surface area contributed by atoms with Crippen LogP contribution >= 0.6 is 0 Å². The van der Waals surface area contributed by atoms with Gasteiger partial charge in [0.1, 0.15) is 0 Å². The van der Waals surface area contributed by atoms with Crippen LogP contribution in [0.25, 0.3) is 0 Å². The highest BCUT2D eigenvalue weighted by molar-refractivity contribution is 5.77. The SMILES string of the molecule is CC(C)(CC(=O)O)CC(=O)NCCCN1CCCC1. The molecule has 0 atom stereocenters. The van der Waals surface area contributed by atoms with Crippen molar-refractivity contribution in [3.05, 3.63) is 0 Å². The van der Waals surface area contributed by atoms with Gasteiger partial charge < -0.3 is 15.3 Å². The number of carboxylic acid groups (broad SMARTS) is 1. The minimum Gasteiger partial charge on any atom is -0.481 e. The Morgan fingerprint density at radius 3 is 2.42 bits per heavy atom. The van der Waals surface area contributed by atoms with Gasteiger partial charge in [-0.1, -0.05) is 13.8 Å². The van der Waals surface area contributed by atoms with E-state index >= 15 is 0 Å². The van der Waals surface area contributed by atoms with E-state index in [1.807, 2.05) is 13.8 Å². The molecule has 0 aromatic rings. The molecule has 1 aliphatic heterocycles. The molecule has 1 saturated heterocycles. The molecule has 0 spiro atoms. The van der Waals surface area contributed by atoms with Crippen molar-refractivity contribution in [2.24, 2.45) is 5.41 Å². The first-order valence-electron chi connectivity index (χ1n) is 7.10. The quantitative estimate of drug-likeness (QED) is 0.655. The molecule has 1 amide bonds. The van der Waals surface area contributed by atoms with Crippen molar-refractivity contribution in [3.8, 4) is 0 Å². The van der Waals surface area contributed by atoms with Gasteiger partial charge in [-0.3, -0.25) is 9.59 Å². The Morgan fingerprint density at radius 1 is 1.21 bits per heavy atom. The molecule has 1 aliphatic rings. The molecule has 0 aliphatic carbocycles. The van der Waals surface area contributed by atoms with Gasteiger partial charge in [0.15, 0.2) is 0 Å². The van der Waals surface area contributed by atoms with Gasteiger partial charge in [0, 0.05) is 13.0 Å². The summed E-state index contributed by atoms with van der Waals surface area (Å²) in [6.07, 6.45) is 3.83. The molecule has 0 radical (unpaired) electrons. The van der Waals surface area contributed by atoms with E-state index in [1.54, 1.807) is 0 Å². The number of carbonyl (C=O) groups is 2. The van der Waals surface area contributed by atoms with Crippen molar-refractivity contribution in [3.63, 3.8) is 0 Å². The highest BCUT2D eigenvalue weighted by Gasteiger charge is 2.24. The van der Waals surface area contributed by atoms with Crippen LogP contribution in [0.2, 0.25) is 0 Å². The van der Waals surface area contributed by atoms with E-state index < -0.39 is 11.4 Å². The number of amides is 1. The summed E-state index contributed by atoms with van der Waals surface area (Å²) in [4.78, 5) is 24.8. The summed E-state index contributed by atoms with van der Waals surface area (Å²) in [5, 5.41) is 11.6. The lowest BCUT2D eigenvalue weighted by Gasteiger charge is -2.21. The normalized spacial score (nSPS) is 16.5. The van der Waals surface area contributed by atoms with Crippen LogP contribution < -0.4 is 5.32 Å². The number of aliphatic carboxylic acids is 1. The molecule has 0 saturated carbocycles. The van der Waals surface area contributed by atoms with Crippen LogP contribution in [0, 0.1) is 5.41 Å². The first-order valence-corrected chi connectivity index (χ1v) is 7.10. The minimum absolute atomic E-state index is 0.0220. The Morgan fingerprint density at radius 2 is 1.84 bits per heavy atom. The van der Waals surface area contributed by atoms with Crippen molar-refractivity contribution < 1.29 is 14.7 Å². The van der Waals surface area contributed by atoms with Crippen molar-refractivity contribution in [1.82, 2.24) is 10.2 Å². The number of likely N-dealkylation sites (tertiary alicyclic amines) is 1. The molecular weight excluding hydrogens is 244 g/mol. The van der Waals surface area contributed by atoms with Crippen molar-refractivity contribution in [2.45, 2.75) is 46.0 Å². The standard InChI is InChI=1S/C14H26N2O3/c1-14(2,11-13(18)19)10-12(17)15-6-5-9-16-7-3-4-8-16/h3-11H2,1-2H3,(H,15,17)(H,18,19). The van der Waals surface area contributed by atoms with Gasteiger partial charge in [0.25, 0.3) is 0 Å². The van der Waals surface area contributed by atoms with Gasteiger partial charge in [0.2, 0.25) is 5.91 Å². The van der Waals surface area contributed by atoms with Crippen molar-refractivity contribution in [2.75, 3.05) is 26.2 Å². The molecule has 1 rings (SSSR count). The maximum absolute atomic E-state index is 11.7. The van der Waals surface area contributed by atoms with Crippen LogP contribution in [0.4, 0.5) is 0 Å². The van der Waals surface area contributed by atoms with Gasteiger partial charge in [0.05, 0.1) is 6.42 Å². The monoisotopic (exact) mass is 270 g/mol. The summed E-state index contributed by atoms with van der Waals surface area (Å²) in [5.74, 6) is -0.903. The maximum atomic E-state index is 11.7. The molecule has 0 aromatic heterocycles. The summed E-state index contributed by atoms with van der Waals surface area (Å²) in [6, 6.07) is 0. The Bertz CT molecular complexity index is 310. The number of nitrogens with one attached hydrogen (secondary N) is 1. The predicted octanol–water partition coefficient (Wildman–Crippen LogP) is 1.48. The van der Waals surface area contributed by atoms with Crippen LogP contribution in [0.1, 0.15) is 46.0 Å². The van der Waals surface area contributed by atoms with Gasteiger partial charge in [-0.2, -0.15) is 0 Å².